The normalized spacial score (nSPS) is 13.6. The Morgan fingerprint density at radius 1 is 1.21 bits per heavy atom. The minimum Gasteiger partial charge on any atom is -0.339 e. The van der Waals surface area contributed by atoms with Crippen LogP contribution in [0.25, 0.3) is 11.4 Å². The van der Waals surface area contributed by atoms with Gasteiger partial charge in [0.2, 0.25) is 17.6 Å². The smallest absolute Gasteiger partial charge is 0.227 e. The third kappa shape index (κ3) is 4.88. The largest absolute Gasteiger partial charge is 0.339 e. The zero-order chi connectivity index (χ0) is 20.2. The van der Waals surface area contributed by atoms with Crippen LogP contribution in [0.1, 0.15) is 56.0 Å². The molecule has 2 heterocycles. The second-order valence-electron chi connectivity index (χ2n) is 7.90. The van der Waals surface area contributed by atoms with Crippen molar-refractivity contribution >= 4 is 5.91 Å². The molecule has 0 radical (unpaired) electrons. The lowest BCUT2D eigenvalue weighted by Crippen LogP contribution is -2.32. The number of amides is 1. The van der Waals surface area contributed by atoms with E-state index in [0.29, 0.717) is 43.1 Å². The number of carbonyl (C=O) groups excluding carboxylic acids is 1. The van der Waals surface area contributed by atoms with Crippen molar-refractivity contribution < 1.29 is 9.32 Å². The molecule has 0 spiro atoms. The third-order valence-corrected chi connectivity index (χ3v) is 5.25. The topological polar surface area (TPSA) is 72.1 Å². The Hall–Kier alpha value is -3.02. The Bertz CT molecular complexity index is 947. The second kappa shape index (κ2) is 8.55. The van der Waals surface area contributed by atoms with Gasteiger partial charge in [-0.2, -0.15) is 4.98 Å². The highest BCUT2D eigenvalue weighted by Gasteiger charge is 2.32. The van der Waals surface area contributed by atoms with Gasteiger partial charge in [0.1, 0.15) is 0 Å². The molecule has 29 heavy (non-hydrogen) atoms. The highest BCUT2D eigenvalue weighted by molar-refractivity contribution is 5.77. The average molecular weight is 390 g/mol. The van der Waals surface area contributed by atoms with E-state index in [4.69, 9.17) is 4.52 Å². The van der Waals surface area contributed by atoms with E-state index >= 15 is 0 Å². The van der Waals surface area contributed by atoms with Gasteiger partial charge in [-0.1, -0.05) is 43.3 Å². The molecule has 6 heteroatoms. The fourth-order valence-corrected chi connectivity index (χ4v) is 3.34. The lowest BCUT2D eigenvalue weighted by Gasteiger charge is -2.22. The average Bonchev–Trinajstić information content (AvgIpc) is 3.48. The molecule has 1 aliphatic rings. The van der Waals surface area contributed by atoms with Crippen molar-refractivity contribution in [1.29, 1.82) is 0 Å². The monoisotopic (exact) mass is 390 g/mol. The first-order valence-corrected chi connectivity index (χ1v) is 10.2. The van der Waals surface area contributed by atoms with Gasteiger partial charge in [-0.15, -0.1) is 0 Å². The molecular weight excluding hydrogens is 364 g/mol. The Morgan fingerprint density at radius 2 is 2.00 bits per heavy atom. The van der Waals surface area contributed by atoms with Gasteiger partial charge in [0, 0.05) is 43.4 Å². The summed E-state index contributed by atoms with van der Waals surface area (Å²) in [7, 11) is 0. The maximum Gasteiger partial charge on any atom is 0.227 e. The molecule has 0 saturated heterocycles. The van der Waals surface area contributed by atoms with Crippen LogP contribution >= 0.6 is 0 Å². The van der Waals surface area contributed by atoms with Crippen LogP contribution in [0.4, 0.5) is 0 Å². The summed E-state index contributed by atoms with van der Waals surface area (Å²) in [4.78, 5) is 23.3. The zero-order valence-electron chi connectivity index (χ0n) is 16.9. The molecular formula is C23H26N4O2. The minimum absolute atomic E-state index is 0.140. The van der Waals surface area contributed by atoms with Crippen molar-refractivity contribution in [3.63, 3.8) is 0 Å². The predicted molar refractivity (Wildman–Crippen MR) is 110 cm³/mol. The van der Waals surface area contributed by atoms with Crippen LogP contribution in [0.3, 0.4) is 0 Å². The summed E-state index contributed by atoms with van der Waals surface area (Å²) in [5, 5.41) is 4.00. The summed E-state index contributed by atoms with van der Waals surface area (Å²) >= 11 is 0. The van der Waals surface area contributed by atoms with Crippen molar-refractivity contribution in [1.82, 2.24) is 20.0 Å². The van der Waals surface area contributed by atoms with Gasteiger partial charge in [0.05, 0.1) is 0 Å². The Balaban J connectivity index is 1.36. The molecule has 1 amide bonds. The number of pyridine rings is 1. The molecule has 2 aromatic heterocycles. The molecule has 1 aliphatic carbocycles. The van der Waals surface area contributed by atoms with Crippen LogP contribution in [0.5, 0.6) is 0 Å². The van der Waals surface area contributed by atoms with Crippen LogP contribution in [0.15, 0.2) is 53.3 Å². The first-order chi connectivity index (χ1) is 14.1. The van der Waals surface area contributed by atoms with E-state index in [1.807, 2.05) is 17.0 Å². The number of hydrogen-bond acceptors (Lipinski definition) is 5. The third-order valence-electron chi connectivity index (χ3n) is 5.25. The summed E-state index contributed by atoms with van der Waals surface area (Å²) in [6.07, 6.45) is 6.38. The number of nitrogens with zero attached hydrogens (tertiary/aromatic N) is 4. The van der Waals surface area contributed by atoms with Gasteiger partial charge in [0.15, 0.2) is 0 Å². The molecule has 1 fully saturated rings. The van der Waals surface area contributed by atoms with Crippen LogP contribution in [0.2, 0.25) is 0 Å². The molecule has 0 aliphatic heterocycles. The molecule has 0 N–H and O–H groups in total. The molecule has 4 rings (SSSR count). The van der Waals surface area contributed by atoms with E-state index in [9.17, 15) is 4.79 Å². The Morgan fingerprint density at radius 3 is 2.66 bits per heavy atom. The Labute approximate surface area is 171 Å². The maximum absolute atomic E-state index is 12.9. The predicted octanol–water partition coefficient (Wildman–Crippen LogP) is 4.38. The lowest BCUT2D eigenvalue weighted by atomic mass is 10.0. The summed E-state index contributed by atoms with van der Waals surface area (Å²) in [6, 6.07) is 12.7. The number of hydrogen-bond donors (Lipinski definition) is 0. The number of carbonyl (C=O) groups is 1. The van der Waals surface area contributed by atoms with Crippen molar-refractivity contribution in [3.05, 3.63) is 65.8 Å². The van der Waals surface area contributed by atoms with E-state index in [1.54, 1.807) is 12.4 Å². The van der Waals surface area contributed by atoms with Crippen LogP contribution in [-0.4, -0.2) is 32.0 Å². The summed E-state index contributed by atoms with van der Waals surface area (Å²) in [6.45, 7) is 5.03. The zero-order valence-corrected chi connectivity index (χ0v) is 16.9. The first-order valence-electron chi connectivity index (χ1n) is 10.2. The van der Waals surface area contributed by atoms with Gasteiger partial charge >= 0.3 is 0 Å². The molecule has 6 nitrogen and oxygen atoms in total. The van der Waals surface area contributed by atoms with E-state index < -0.39 is 0 Å². The van der Waals surface area contributed by atoms with E-state index in [2.05, 4.69) is 53.2 Å². The van der Waals surface area contributed by atoms with Gasteiger partial charge in [0.25, 0.3) is 0 Å². The van der Waals surface area contributed by atoms with Crippen molar-refractivity contribution in [2.24, 2.45) is 0 Å². The number of aromatic nitrogens is 3. The van der Waals surface area contributed by atoms with Crippen LogP contribution in [0, 0.1) is 0 Å². The second-order valence-corrected chi connectivity index (χ2v) is 7.90. The fraction of sp³-hybridized carbons (Fsp3) is 0.391. The van der Waals surface area contributed by atoms with E-state index in [1.165, 1.54) is 11.1 Å². The molecule has 0 unspecified atom stereocenters. The fourth-order valence-electron chi connectivity index (χ4n) is 3.34. The van der Waals surface area contributed by atoms with Crippen molar-refractivity contribution in [2.45, 2.75) is 58.0 Å². The van der Waals surface area contributed by atoms with E-state index in [0.717, 1.165) is 18.4 Å². The summed E-state index contributed by atoms with van der Waals surface area (Å²) in [5.41, 5.74) is 3.29. The highest BCUT2D eigenvalue weighted by atomic mass is 16.5. The standard InChI is InChI=1S/C23H26N4O2/c1-16(2)18-7-5-17(6-8-18)15-27(20-9-10-20)22(28)12-11-21-25-23(26-29-21)19-4-3-13-24-14-19/h3-8,13-14,16,20H,9-12,15H2,1-2H3. The highest BCUT2D eigenvalue weighted by Crippen LogP contribution is 2.29. The number of aryl methyl sites for hydroxylation is 1. The van der Waals surface area contributed by atoms with Crippen molar-refractivity contribution in [2.75, 3.05) is 0 Å². The van der Waals surface area contributed by atoms with Gasteiger partial charge in [-0.25, -0.2) is 0 Å². The lowest BCUT2D eigenvalue weighted by molar-refractivity contribution is -0.132. The molecule has 1 aromatic carbocycles. The summed E-state index contributed by atoms with van der Waals surface area (Å²) in [5.74, 6) is 1.64. The SMILES string of the molecule is CC(C)c1ccc(CN(C(=O)CCc2nc(-c3cccnc3)no2)C2CC2)cc1. The number of benzene rings is 1. The minimum atomic E-state index is 0.140. The molecule has 3 aromatic rings. The maximum atomic E-state index is 12.9. The number of rotatable bonds is 8. The van der Waals surface area contributed by atoms with Gasteiger partial charge in [-0.05, 0) is 42.0 Å². The van der Waals surface area contributed by atoms with Gasteiger partial charge < -0.3 is 9.42 Å². The summed E-state index contributed by atoms with van der Waals surface area (Å²) < 4.78 is 5.32. The molecule has 0 atom stereocenters. The van der Waals surface area contributed by atoms with Gasteiger partial charge in [-0.3, -0.25) is 9.78 Å². The molecule has 1 saturated carbocycles. The quantitative estimate of drug-likeness (QED) is 0.571. The van der Waals surface area contributed by atoms with Crippen LogP contribution < -0.4 is 0 Å². The molecule has 0 bridgehead atoms. The Kier molecular flexibility index (Phi) is 5.69. The van der Waals surface area contributed by atoms with Crippen LogP contribution in [-0.2, 0) is 17.8 Å². The first kappa shape index (κ1) is 19.3. The molecule has 150 valence electrons. The van der Waals surface area contributed by atoms with Crippen molar-refractivity contribution in [3.8, 4) is 11.4 Å². The van der Waals surface area contributed by atoms with E-state index in [-0.39, 0.29) is 5.91 Å².